The van der Waals surface area contributed by atoms with Crippen LogP contribution in [0.25, 0.3) is 12.2 Å². The Bertz CT molecular complexity index is 1090. The number of methoxy groups -OCH3 is 2. The molecule has 0 spiro atoms. The fraction of sp³-hybridized carbons (Fsp3) is 0.333. The van der Waals surface area contributed by atoms with Gasteiger partial charge in [0.1, 0.15) is 17.1 Å². The Morgan fingerprint density at radius 1 is 1.03 bits per heavy atom. The summed E-state index contributed by atoms with van der Waals surface area (Å²) in [5.41, 5.74) is 1.34. The Morgan fingerprint density at radius 3 is 2.45 bits per heavy atom. The second-order valence-corrected chi connectivity index (χ2v) is 8.28. The van der Waals surface area contributed by atoms with Crippen LogP contribution < -0.4 is 18.9 Å². The van der Waals surface area contributed by atoms with Crippen molar-refractivity contribution in [1.82, 2.24) is 0 Å². The molecule has 6 nitrogen and oxygen atoms in total. The highest BCUT2D eigenvalue weighted by Gasteiger charge is 2.27. The minimum Gasteiger partial charge on any atom is -0.496 e. The van der Waals surface area contributed by atoms with Gasteiger partial charge in [0.25, 0.3) is 0 Å². The lowest BCUT2D eigenvalue weighted by atomic mass is 9.97. The second-order valence-electron chi connectivity index (χ2n) is 8.28. The Balaban J connectivity index is 1.86. The number of carbonyl (C=O) groups excluding carboxylic acids is 2. The molecule has 3 rings (SSSR count). The minimum atomic E-state index is -0.537. The van der Waals surface area contributed by atoms with E-state index in [1.165, 1.54) is 13.2 Å². The van der Waals surface area contributed by atoms with Crippen LogP contribution in [0.2, 0.25) is 0 Å². The predicted molar refractivity (Wildman–Crippen MR) is 128 cm³/mol. The van der Waals surface area contributed by atoms with E-state index in [4.69, 9.17) is 18.9 Å². The fourth-order valence-corrected chi connectivity index (χ4v) is 3.44. The topological polar surface area (TPSA) is 71.1 Å². The van der Waals surface area contributed by atoms with E-state index in [9.17, 15) is 9.59 Å². The summed E-state index contributed by atoms with van der Waals surface area (Å²) in [4.78, 5) is 25.1. The first-order valence-corrected chi connectivity index (χ1v) is 11.0. The SMILES string of the molecule is CCCCC(=O)Oc1cc(C=CC(=O)c2ccc(OC)c3c2OC(C)(C)C=C3)ccc1OC. The molecule has 0 saturated carbocycles. The largest absolute Gasteiger partial charge is 0.496 e. The highest BCUT2D eigenvalue weighted by atomic mass is 16.6. The fourth-order valence-electron chi connectivity index (χ4n) is 3.44. The number of esters is 1. The summed E-state index contributed by atoms with van der Waals surface area (Å²) >= 11 is 0. The van der Waals surface area contributed by atoms with Gasteiger partial charge in [0.15, 0.2) is 17.3 Å². The molecule has 2 aromatic carbocycles. The van der Waals surface area contributed by atoms with E-state index in [1.54, 1.807) is 43.5 Å². The van der Waals surface area contributed by atoms with Gasteiger partial charge in [-0.25, -0.2) is 0 Å². The summed E-state index contributed by atoms with van der Waals surface area (Å²) in [5, 5.41) is 0. The molecule has 0 atom stereocenters. The lowest BCUT2D eigenvalue weighted by Crippen LogP contribution is -2.28. The number of fused-ring (bicyclic) bond motifs is 1. The molecule has 174 valence electrons. The zero-order valence-electron chi connectivity index (χ0n) is 19.8. The molecule has 1 heterocycles. The van der Waals surface area contributed by atoms with Gasteiger partial charge >= 0.3 is 5.97 Å². The van der Waals surface area contributed by atoms with Crippen LogP contribution in [0.5, 0.6) is 23.0 Å². The molecule has 0 unspecified atom stereocenters. The monoisotopic (exact) mass is 450 g/mol. The van der Waals surface area contributed by atoms with Gasteiger partial charge in [-0.15, -0.1) is 0 Å². The molecule has 1 aliphatic heterocycles. The zero-order chi connectivity index (χ0) is 24.0. The van der Waals surface area contributed by atoms with Crippen molar-refractivity contribution in [2.45, 2.75) is 45.6 Å². The van der Waals surface area contributed by atoms with Crippen molar-refractivity contribution in [1.29, 1.82) is 0 Å². The number of ketones is 1. The minimum absolute atomic E-state index is 0.211. The molecular formula is C27H30O6. The number of hydrogen-bond acceptors (Lipinski definition) is 6. The molecule has 0 bridgehead atoms. The summed E-state index contributed by atoms with van der Waals surface area (Å²) in [6.45, 7) is 5.87. The van der Waals surface area contributed by atoms with Crippen LogP contribution in [-0.4, -0.2) is 31.6 Å². The molecule has 0 fully saturated rings. The van der Waals surface area contributed by atoms with E-state index < -0.39 is 5.60 Å². The Hall–Kier alpha value is -3.54. The molecule has 0 aliphatic carbocycles. The third kappa shape index (κ3) is 5.83. The van der Waals surface area contributed by atoms with Crippen molar-refractivity contribution in [3.05, 3.63) is 59.2 Å². The quantitative estimate of drug-likeness (QED) is 0.206. The van der Waals surface area contributed by atoms with Gasteiger partial charge in [0.2, 0.25) is 0 Å². The summed E-state index contributed by atoms with van der Waals surface area (Å²) in [5.74, 6) is 1.39. The van der Waals surface area contributed by atoms with Gasteiger partial charge in [0, 0.05) is 6.42 Å². The summed E-state index contributed by atoms with van der Waals surface area (Å²) in [7, 11) is 3.10. The molecule has 2 aromatic rings. The molecule has 1 aliphatic rings. The highest BCUT2D eigenvalue weighted by molar-refractivity contribution is 6.09. The third-order valence-electron chi connectivity index (χ3n) is 5.23. The number of hydrogen-bond donors (Lipinski definition) is 0. The first-order valence-electron chi connectivity index (χ1n) is 11.0. The molecule has 0 amide bonds. The Labute approximate surface area is 194 Å². The molecular weight excluding hydrogens is 420 g/mol. The van der Waals surface area contributed by atoms with E-state index in [0.717, 1.165) is 18.4 Å². The van der Waals surface area contributed by atoms with Crippen molar-refractivity contribution in [2.75, 3.05) is 14.2 Å². The average Bonchev–Trinajstić information content (AvgIpc) is 2.79. The van der Waals surface area contributed by atoms with E-state index in [2.05, 4.69) is 0 Å². The summed E-state index contributed by atoms with van der Waals surface area (Å²) in [6.07, 6.45) is 9.00. The average molecular weight is 451 g/mol. The normalized spacial score (nSPS) is 13.8. The molecule has 0 radical (unpaired) electrons. The maximum atomic E-state index is 13.1. The van der Waals surface area contributed by atoms with E-state index in [-0.39, 0.29) is 11.8 Å². The predicted octanol–water partition coefficient (Wildman–Crippen LogP) is 5.88. The lowest BCUT2D eigenvalue weighted by Gasteiger charge is -2.29. The van der Waals surface area contributed by atoms with E-state index >= 15 is 0 Å². The van der Waals surface area contributed by atoms with Gasteiger partial charge in [-0.05, 0) is 68.3 Å². The number of carbonyl (C=O) groups is 2. The van der Waals surface area contributed by atoms with Crippen LogP contribution >= 0.6 is 0 Å². The number of rotatable bonds is 9. The molecule has 0 aromatic heterocycles. The molecule has 33 heavy (non-hydrogen) atoms. The lowest BCUT2D eigenvalue weighted by molar-refractivity contribution is -0.134. The highest BCUT2D eigenvalue weighted by Crippen LogP contribution is 2.40. The second kappa shape index (κ2) is 10.4. The van der Waals surface area contributed by atoms with E-state index in [1.807, 2.05) is 32.9 Å². The van der Waals surface area contributed by atoms with Crippen LogP contribution in [-0.2, 0) is 4.79 Å². The first-order chi connectivity index (χ1) is 15.8. The maximum Gasteiger partial charge on any atom is 0.311 e. The van der Waals surface area contributed by atoms with Crippen LogP contribution in [0.3, 0.4) is 0 Å². The van der Waals surface area contributed by atoms with Crippen molar-refractivity contribution >= 4 is 23.9 Å². The molecule has 6 heteroatoms. The molecule has 0 N–H and O–H groups in total. The van der Waals surface area contributed by atoms with E-state index in [0.29, 0.717) is 40.5 Å². The van der Waals surface area contributed by atoms with Crippen LogP contribution in [0.1, 0.15) is 61.5 Å². The Morgan fingerprint density at radius 2 is 1.76 bits per heavy atom. The van der Waals surface area contributed by atoms with Crippen molar-refractivity contribution in [3.63, 3.8) is 0 Å². The maximum absolute atomic E-state index is 13.1. The first kappa shape index (κ1) is 24.1. The van der Waals surface area contributed by atoms with Crippen LogP contribution in [0.15, 0.2) is 42.5 Å². The van der Waals surface area contributed by atoms with Crippen molar-refractivity contribution < 1.29 is 28.5 Å². The standard InChI is InChI=1S/C27H30O6/c1-6-7-8-25(29)32-24-17-18(10-13-23(24)31-5)9-12-21(28)19-11-14-22(30-4)20-15-16-27(2,3)33-26(19)20/h9-17H,6-8H2,1-5H3. The molecule has 0 saturated heterocycles. The summed E-state index contributed by atoms with van der Waals surface area (Å²) < 4.78 is 22.3. The van der Waals surface area contributed by atoms with Gasteiger partial charge in [0.05, 0.1) is 25.3 Å². The van der Waals surface area contributed by atoms with Crippen molar-refractivity contribution in [2.24, 2.45) is 0 Å². The smallest absolute Gasteiger partial charge is 0.311 e. The van der Waals surface area contributed by atoms with Gasteiger partial charge in [-0.3, -0.25) is 9.59 Å². The van der Waals surface area contributed by atoms with Gasteiger partial charge in [-0.1, -0.05) is 25.5 Å². The Kier molecular flexibility index (Phi) is 7.59. The zero-order valence-corrected chi connectivity index (χ0v) is 19.8. The summed E-state index contributed by atoms with van der Waals surface area (Å²) in [6, 6.07) is 8.64. The van der Waals surface area contributed by atoms with Crippen LogP contribution in [0.4, 0.5) is 0 Å². The number of benzene rings is 2. The third-order valence-corrected chi connectivity index (χ3v) is 5.23. The van der Waals surface area contributed by atoms with Crippen LogP contribution in [0, 0.1) is 0 Å². The van der Waals surface area contributed by atoms with Gasteiger partial charge in [-0.2, -0.15) is 0 Å². The van der Waals surface area contributed by atoms with Gasteiger partial charge < -0.3 is 18.9 Å². The number of unbranched alkanes of at least 4 members (excludes halogenated alkanes) is 1. The van der Waals surface area contributed by atoms with Crippen molar-refractivity contribution in [3.8, 4) is 23.0 Å². The number of ether oxygens (including phenoxy) is 4. The number of allylic oxidation sites excluding steroid dienone is 1.